The lowest BCUT2D eigenvalue weighted by molar-refractivity contribution is 0.195. The Hall–Kier alpha value is -0.120. The minimum Gasteiger partial charge on any atom is -0.315 e. The van der Waals surface area contributed by atoms with Gasteiger partial charge in [0.1, 0.15) is 0 Å². The molecule has 2 unspecified atom stereocenters. The molecule has 0 spiro atoms. The monoisotopic (exact) mass is 267 g/mol. The van der Waals surface area contributed by atoms with Crippen molar-refractivity contribution in [3.63, 3.8) is 0 Å². The van der Waals surface area contributed by atoms with Crippen LogP contribution in [0.25, 0.3) is 0 Å². The molecule has 1 aliphatic heterocycles. The molecular formula is C16H33N3. The molecule has 1 N–H and O–H groups in total. The van der Waals surface area contributed by atoms with Gasteiger partial charge in [0.2, 0.25) is 0 Å². The molecule has 1 aliphatic carbocycles. The Morgan fingerprint density at radius 2 is 1.95 bits per heavy atom. The van der Waals surface area contributed by atoms with Gasteiger partial charge in [0, 0.05) is 25.7 Å². The summed E-state index contributed by atoms with van der Waals surface area (Å²) in [5, 5.41) is 3.58. The van der Waals surface area contributed by atoms with E-state index in [0.717, 1.165) is 11.8 Å². The van der Waals surface area contributed by atoms with E-state index in [9.17, 15) is 0 Å². The third-order valence-electron chi connectivity index (χ3n) is 5.16. The van der Waals surface area contributed by atoms with Gasteiger partial charge in [-0.2, -0.15) is 0 Å². The van der Waals surface area contributed by atoms with Crippen LogP contribution in [0.3, 0.4) is 0 Å². The highest BCUT2D eigenvalue weighted by Crippen LogP contribution is 2.27. The molecule has 0 aromatic carbocycles. The lowest BCUT2D eigenvalue weighted by Gasteiger charge is -2.33. The summed E-state index contributed by atoms with van der Waals surface area (Å²) in [5.41, 5.74) is 0. The molecule has 0 radical (unpaired) electrons. The van der Waals surface area contributed by atoms with Gasteiger partial charge in [-0.1, -0.05) is 19.3 Å². The molecular weight excluding hydrogens is 234 g/mol. The maximum atomic E-state index is 3.58. The van der Waals surface area contributed by atoms with Gasteiger partial charge in [0.15, 0.2) is 0 Å². The topological polar surface area (TPSA) is 18.5 Å². The summed E-state index contributed by atoms with van der Waals surface area (Å²) >= 11 is 0. The van der Waals surface area contributed by atoms with Crippen LogP contribution >= 0.6 is 0 Å². The van der Waals surface area contributed by atoms with E-state index in [-0.39, 0.29) is 0 Å². The summed E-state index contributed by atoms with van der Waals surface area (Å²) in [7, 11) is 6.71. The first kappa shape index (κ1) is 15.3. The summed E-state index contributed by atoms with van der Waals surface area (Å²) in [6.07, 6.45) is 8.60. The lowest BCUT2D eigenvalue weighted by atomic mass is 9.83. The first-order chi connectivity index (χ1) is 9.19. The highest BCUT2D eigenvalue weighted by molar-refractivity contribution is 4.82. The summed E-state index contributed by atoms with van der Waals surface area (Å²) in [5.74, 6) is 1.80. The Labute approximate surface area is 119 Å². The van der Waals surface area contributed by atoms with E-state index in [2.05, 4.69) is 36.3 Å². The van der Waals surface area contributed by atoms with E-state index in [4.69, 9.17) is 0 Å². The third-order valence-corrected chi connectivity index (χ3v) is 5.16. The average Bonchev–Trinajstić information content (AvgIpc) is 2.82. The van der Waals surface area contributed by atoms with Crippen LogP contribution in [0.1, 0.15) is 38.5 Å². The zero-order valence-electron chi connectivity index (χ0n) is 13.2. The quantitative estimate of drug-likeness (QED) is 0.794. The predicted octanol–water partition coefficient (Wildman–Crippen LogP) is 2.04. The zero-order valence-corrected chi connectivity index (χ0v) is 13.2. The first-order valence-corrected chi connectivity index (χ1v) is 8.23. The van der Waals surface area contributed by atoms with Crippen LogP contribution in [0.15, 0.2) is 0 Å². The van der Waals surface area contributed by atoms with Gasteiger partial charge in [-0.15, -0.1) is 0 Å². The van der Waals surface area contributed by atoms with Crippen LogP contribution < -0.4 is 5.32 Å². The molecule has 1 saturated carbocycles. The first-order valence-electron chi connectivity index (χ1n) is 8.23. The smallest absolute Gasteiger partial charge is 0.0220 e. The number of likely N-dealkylation sites (N-methyl/N-ethyl adjacent to an activating group) is 2. The minimum atomic E-state index is 0.699. The van der Waals surface area contributed by atoms with E-state index >= 15 is 0 Å². The second kappa shape index (κ2) is 7.61. The van der Waals surface area contributed by atoms with Gasteiger partial charge in [0.25, 0.3) is 0 Å². The fraction of sp³-hybridized carbons (Fsp3) is 1.00. The molecule has 0 aromatic heterocycles. The van der Waals surface area contributed by atoms with E-state index in [1.165, 1.54) is 64.7 Å². The zero-order chi connectivity index (χ0) is 13.7. The molecule has 0 amide bonds. The summed E-state index contributed by atoms with van der Waals surface area (Å²) in [6, 6.07) is 0.699. The highest BCUT2D eigenvalue weighted by atomic mass is 15.2. The third kappa shape index (κ3) is 4.73. The molecule has 2 atom stereocenters. The van der Waals surface area contributed by atoms with Crippen molar-refractivity contribution >= 4 is 0 Å². The number of likely N-dealkylation sites (tertiary alicyclic amines) is 1. The Morgan fingerprint density at radius 1 is 1.21 bits per heavy atom. The molecule has 1 heterocycles. The van der Waals surface area contributed by atoms with Gasteiger partial charge in [-0.25, -0.2) is 0 Å². The molecule has 112 valence electrons. The maximum absolute atomic E-state index is 3.58. The molecule has 1 saturated heterocycles. The maximum Gasteiger partial charge on any atom is 0.0220 e. The minimum absolute atomic E-state index is 0.699. The van der Waals surface area contributed by atoms with E-state index in [0.29, 0.717) is 6.04 Å². The Bertz CT molecular complexity index is 250. The van der Waals surface area contributed by atoms with Crippen molar-refractivity contribution in [1.82, 2.24) is 15.1 Å². The summed E-state index contributed by atoms with van der Waals surface area (Å²) in [6.45, 7) is 5.07. The van der Waals surface area contributed by atoms with Crippen LogP contribution in [0.4, 0.5) is 0 Å². The number of nitrogens with one attached hydrogen (secondary N) is 1. The van der Waals surface area contributed by atoms with Gasteiger partial charge >= 0.3 is 0 Å². The average molecular weight is 267 g/mol. The van der Waals surface area contributed by atoms with Gasteiger partial charge in [-0.3, -0.25) is 0 Å². The van der Waals surface area contributed by atoms with Crippen molar-refractivity contribution in [2.24, 2.45) is 11.8 Å². The molecule has 0 aromatic rings. The lowest BCUT2D eigenvalue weighted by Crippen LogP contribution is -2.44. The van der Waals surface area contributed by atoms with Crippen molar-refractivity contribution in [2.75, 3.05) is 47.3 Å². The second-order valence-electron chi connectivity index (χ2n) is 6.93. The van der Waals surface area contributed by atoms with Gasteiger partial charge < -0.3 is 15.1 Å². The van der Waals surface area contributed by atoms with Crippen LogP contribution in [0.2, 0.25) is 0 Å². The van der Waals surface area contributed by atoms with Gasteiger partial charge in [-0.05, 0) is 58.8 Å². The normalized spacial score (nSPS) is 28.1. The van der Waals surface area contributed by atoms with Crippen molar-refractivity contribution in [3.05, 3.63) is 0 Å². The van der Waals surface area contributed by atoms with Gasteiger partial charge in [0.05, 0.1) is 0 Å². The van der Waals surface area contributed by atoms with E-state index < -0.39 is 0 Å². The molecule has 3 heteroatoms. The van der Waals surface area contributed by atoms with Crippen LogP contribution in [-0.2, 0) is 0 Å². The number of rotatable bonds is 6. The molecule has 2 aliphatic rings. The molecule has 3 nitrogen and oxygen atoms in total. The fourth-order valence-corrected chi connectivity index (χ4v) is 4.04. The molecule has 2 fully saturated rings. The number of hydrogen-bond donors (Lipinski definition) is 1. The molecule has 19 heavy (non-hydrogen) atoms. The van der Waals surface area contributed by atoms with Crippen molar-refractivity contribution < 1.29 is 0 Å². The predicted molar refractivity (Wildman–Crippen MR) is 82.5 cm³/mol. The Morgan fingerprint density at radius 3 is 2.53 bits per heavy atom. The molecule has 2 rings (SSSR count). The second-order valence-corrected chi connectivity index (χ2v) is 6.93. The standard InChI is InChI=1S/C16H33N3/c1-17-16(15-7-5-4-6-8-15)13-19(3)12-14-9-10-18(2)11-14/h14-17H,4-13H2,1-3H3. The largest absolute Gasteiger partial charge is 0.315 e. The Kier molecular flexibility index (Phi) is 6.11. The Balaban J connectivity index is 1.73. The summed E-state index contributed by atoms with van der Waals surface area (Å²) in [4.78, 5) is 5.04. The number of hydrogen-bond acceptors (Lipinski definition) is 3. The van der Waals surface area contributed by atoms with Crippen LogP contribution in [-0.4, -0.2) is 63.2 Å². The van der Waals surface area contributed by atoms with Crippen LogP contribution in [0.5, 0.6) is 0 Å². The van der Waals surface area contributed by atoms with Crippen LogP contribution in [0, 0.1) is 11.8 Å². The van der Waals surface area contributed by atoms with Crippen molar-refractivity contribution in [2.45, 2.75) is 44.6 Å². The van der Waals surface area contributed by atoms with E-state index in [1.807, 2.05) is 0 Å². The van der Waals surface area contributed by atoms with Crippen molar-refractivity contribution in [1.29, 1.82) is 0 Å². The van der Waals surface area contributed by atoms with E-state index in [1.54, 1.807) is 0 Å². The highest BCUT2D eigenvalue weighted by Gasteiger charge is 2.25. The SMILES string of the molecule is CNC(CN(C)CC1CCN(C)C1)C1CCCCC1. The van der Waals surface area contributed by atoms with Crippen molar-refractivity contribution in [3.8, 4) is 0 Å². The molecule has 0 bridgehead atoms. The fourth-order valence-electron chi connectivity index (χ4n) is 4.04. The number of nitrogens with zero attached hydrogens (tertiary/aromatic N) is 2. The summed E-state index contributed by atoms with van der Waals surface area (Å²) < 4.78 is 0.